The van der Waals surface area contributed by atoms with Crippen molar-refractivity contribution in [2.24, 2.45) is 5.92 Å². The highest BCUT2D eigenvalue weighted by molar-refractivity contribution is 6.30. The fraction of sp³-hybridized carbons (Fsp3) is 0.667. The van der Waals surface area contributed by atoms with Crippen molar-refractivity contribution in [3.63, 3.8) is 0 Å². The van der Waals surface area contributed by atoms with Gasteiger partial charge in [0.05, 0.1) is 0 Å². The van der Waals surface area contributed by atoms with Crippen LogP contribution < -0.4 is 5.32 Å². The van der Waals surface area contributed by atoms with Crippen molar-refractivity contribution in [1.29, 1.82) is 0 Å². The van der Waals surface area contributed by atoms with Gasteiger partial charge in [-0.3, -0.25) is 4.79 Å². The number of benzene rings is 1. The molecule has 0 radical (unpaired) electrons. The Labute approximate surface area is 153 Å². The minimum Gasteiger partial charge on any atom is -0.353 e. The lowest BCUT2D eigenvalue weighted by molar-refractivity contribution is -0.122. The molecule has 3 unspecified atom stereocenters. The van der Waals surface area contributed by atoms with Gasteiger partial charge in [0.25, 0.3) is 0 Å². The van der Waals surface area contributed by atoms with Gasteiger partial charge in [0.1, 0.15) is 0 Å². The average Bonchev–Trinajstić information content (AvgIpc) is 2.56. The first kappa shape index (κ1) is 21.0. The summed E-state index contributed by atoms with van der Waals surface area (Å²) in [4.78, 5) is 12.4. The monoisotopic (exact) mass is 351 g/mol. The fourth-order valence-electron chi connectivity index (χ4n) is 3.15. The Bertz CT molecular complexity index is 471. The first-order chi connectivity index (χ1) is 11.5. The molecule has 0 aliphatic rings. The Morgan fingerprint density at radius 1 is 1.08 bits per heavy atom. The van der Waals surface area contributed by atoms with Crippen LogP contribution in [-0.2, 0) is 4.79 Å². The number of halogens is 1. The molecule has 0 aromatic heterocycles. The quantitative estimate of drug-likeness (QED) is 0.495. The molecule has 2 nitrogen and oxygen atoms in total. The third-order valence-corrected chi connectivity index (χ3v) is 5.08. The van der Waals surface area contributed by atoms with Gasteiger partial charge in [-0.2, -0.15) is 0 Å². The van der Waals surface area contributed by atoms with Crippen LogP contribution in [0, 0.1) is 5.92 Å². The minimum absolute atomic E-state index is 0.193. The van der Waals surface area contributed by atoms with Crippen molar-refractivity contribution < 1.29 is 4.79 Å². The molecule has 0 aliphatic carbocycles. The molecule has 1 N–H and O–H groups in total. The molecule has 0 fully saturated rings. The summed E-state index contributed by atoms with van der Waals surface area (Å²) in [6.45, 7) is 8.68. The summed E-state index contributed by atoms with van der Waals surface area (Å²) >= 11 is 6.05. The van der Waals surface area contributed by atoms with Crippen LogP contribution >= 0.6 is 11.6 Å². The summed E-state index contributed by atoms with van der Waals surface area (Å²) in [5, 5.41) is 4.10. The topological polar surface area (TPSA) is 29.1 Å². The lowest BCUT2D eigenvalue weighted by Gasteiger charge is -2.29. The molecule has 136 valence electrons. The van der Waals surface area contributed by atoms with Crippen LogP contribution in [0.3, 0.4) is 0 Å². The minimum atomic E-state index is 0.193. The van der Waals surface area contributed by atoms with Gasteiger partial charge in [0.2, 0.25) is 5.91 Å². The highest BCUT2D eigenvalue weighted by atomic mass is 35.5. The zero-order valence-electron chi connectivity index (χ0n) is 15.8. The normalized spacial score (nSPS) is 14.9. The number of rotatable bonds is 11. The molecule has 24 heavy (non-hydrogen) atoms. The largest absolute Gasteiger partial charge is 0.353 e. The molecule has 1 rings (SSSR count). The lowest BCUT2D eigenvalue weighted by Crippen LogP contribution is -2.40. The number of amides is 1. The van der Waals surface area contributed by atoms with Gasteiger partial charge in [-0.15, -0.1) is 0 Å². The second kappa shape index (κ2) is 11.5. The highest BCUT2D eigenvalue weighted by Gasteiger charge is 2.24. The molecule has 0 bridgehead atoms. The number of carbonyl (C=O) groups excluding carboxylic acids is 1. The zero-order chi connectivity index (χ0) is 17.9. The molecule has 0 saturated heterocycles. The number of hydrogen-bond donors (Lipinski definition) is 1. The maximum absolute atomic E-state index is 12.4. The van der Waals surface area contributed by atoms with E-state index in [9.17, 15) is 4.79 Å². The van der Waals surface area contributed by atoms with Crippen molar-refractivity contribution in [3.8, 4) is 0 Å². The Kier molecular flexibility index (Phi) is 10.1. The predicted octanol–water partition coefficient (Wildman–Crippen LogP) is 6.33. The smallest absolute Gasteiger partial charge is 0.220 e. The van der Waals surface area contributed by atoms with Crippen molar-refractivity contribution in [2.75, 3.05) is 0 Å². The first-order valence-electron chi connectivity index (χ1n) is 9.56. The summed E-state index contributed by atoms with van der Waals surface area (Å²) in [6, 6.07) is 8.36. The maximum atomic E-state index is 12.4. The van der Waals surface area contributed by atoms with Crippen LogP contribution in [0.25, 0.3) is 0 Å². The van der Waals surface area contributed by atoms with E-state index >= 15 is 0 Å². The van der Waals surface area contributed by atoms with E-state index in [1.54, 1.807) is 0 Å². The average molecular weight is 352 g/mol. The number of unbranched alkanes of at least 4 members (excludes halogenated alkanes) is 1. The number of carbonyl (C=O) groups is 1. The van der Waals surface area contributed by atoms with Gasteiger partial charge in [-0.25, -0.2) is 0 Å². The molecule has 1 amide bonds. The molecular formula is C21H34ClNO. The van der Waals surface area contributed by atoms with Crippen molar-refractivity contribution >= 4 is 17.5 Å². The molecule has 0 spiro atoms. The van der Waals surface area contributed by atoms with E-state index < -0.39 is 0 Å². The Hall–Kier alpha value is -1.02. The second-order valence-corrected chi connectivity index (χ2v) is 7.42. The summed E-state index contributed by atoms with van der Waals surface area (Å²) in [5.41, 5.74) is 1.29. The second-order valence-electron chi connectivity index (χ2n) is 6.98. The van der Waals surface area contributed by atoms with E-state index in [-0.39, 0.29) is 11.9 Å². The molecule has 0 heterocycles. The maximum Gasteiger partial charge on any atom is 0.220 e. The molecule has 3 heteroatoms. The zero-order valence-corrected chi connectivity index (χ0v) is 16.5. The predicted molar refractivity (Wildman–Crippen MR) is 105 cm³/mol. The lowest BCUT2D eigenvalue weighted by atomic mass is 9.84. The number of nitrogens with one attached hydrogen (secondary N) is 1. The molecule has 1 aromatic rings. The summed E-state index contributed by atoms with van der Waals surface area (Å²) in [5.74, 6) is 0.998. The molecular weight excluding hydrogens is 318 g/mol. The van der Waals surface area contributed by atoms with Gasteiger partial charge in [-0.1, -0.05) is 77.1 Å². The first-order valence-corrected chi connectivity index (χ1v) is 9.94. The van der Waals surface area contributed by atoms with Crippen LogP contribution in [0.15, 0.2) is 24.3 Å². The third kappa shape index (κ3) is 7.25. The molecule has 1 aromatic carbocycles. The standard InChI is InChI=1S/C21H34ClNO/c1-5-8-10-19(17-11-13-18(22)14-12-17)20(9-6-2)23-21(24)15-16(4)7-3/h11-14,16,19-20H,5-10,15H2,1-4H3,(H,23,24). The van der Waals surface area contributed by atoms with Crippen LogP contribution in [-0.4, -0.2) is 11.9 Å². The van der Waals surface area contributed by atoms with E-state index in [2.05, 4.69) is 45.1 Å². The number of hydrogen-bond acceptors (Lipinski definition) is 1. The van der Waals surface area contributed by atoms with Gasteiger partial charge in [-0.05, 0) is 36.5 Å². The van der Waals surface area contributed by atoms with Gasteiger partial charge < -0.3 is 5.32 Å². The summed E-state index contributed by atoms with van der Waals surface area (Å²) in [7, 11) is 0. The van der Waals surface area contributed by atoms with Crippen molar-refractivity contribution in [2.45, 2.75) is 84.6 Å². The van der Waals surface area contributed by atoms with Gasteiger partial charge in [0.15, 0.2) is 0 Å². The molecule has 3 atom stereocenters. The van der Waals surface area contributed by atoms with E-state index in [1.165, 1.54) is 18.4 Å². The Balaban J connectivity index is 2.90. The molecule has 0 aliphatic heterocycles. The third-order valence-electron chi connectivity index (χ3n) is 4.83. The van der Waals surface area contributed by atoms with Crippen LogP contribution in [0.4, 0.5) is 0 Å². The Morgan fingerprint density at radius 3 is 2.29 bits per heavy atom. The molecule has 0 saturated carbocycles. The highest BCUT2D eigenvalue weighted by Crippen LogP contribution is 2.29. The van der Waals surface area contributed by atoms with Crippen LogP contribution in [0.1, 0.15) is 84.1 Å². The van der Waals surface area contributed by atoms with E-state index in [1.807, 2.05) is 12.1 Å². The summed E-state index contributed by atoms with van der Waals surface area (Å²) < 4.78 is 0. The van der Waals surface area contributed by atoms with E-state index in [4.69, 9.17) is 11.6 Å². The van der Waals surface area contributed by atoms with Crippen LogP contribution in [0.5, 0.6) is 0 Å². The van der Waals surface area contributed by atoms with Crippen molar-refractivity contribution in [1.82, 2.24) is 5.32 Å². The van der Waals surface area contributed by atoms with Gasteiger partial charge in [0, 0.05) is 23.4 Å². The summed E-state index contributed by atoms with van der Waals surface area (Å²) in [6.07, 6.45) is 7.21. The van der Waals surface area contributed by atoms with E-state index in [0.29, 0.717) is 18.3 Å². The Morgan fingerprint density at radius 2 is 1.75 bits per heavy atom. The van der Waals surface area contributed by atoms with Gasteiger partial charge >= 0.3 is 0 Å². The fourth-order valence-corrected chi connectivity index (χ4v) is 3.27. The SMILES string of the molecule is CCCCC(c1ccc(Cl)cc1)C(CCC)NC(=O)CC(C)CC. The van der Waals surface area contributed by atoms with E-state index in [0.717, 1.165) is 30.7 Å². The van der Waals surface area contributed by atoms with Crippen LogP contribution in [0.2, 0.25) is 5.02 Å². The van der Waals surface area contributed by atoms with Crippen molar-refractivity contribution in [3.05, 3.63) is 34.9 Å².